The molecule has 140 valence electrons. The van der Waals surface area contributed by atoms with Crippen LogP contribution in [0.3, 0.4) is 0 Å². The minimum atomic E-state index is -4.37. The number of alkyl halides is 3. The highest BCUT2D eigenvalue weighted by molar-refractivity contribution is 5.72. The van der Waals surface area contributed by atoms with Crippen LogP contribution in [0.2, 0.25) is 0 Å². The fourth-order valence-electron chi connectivity index (χ4n) is 2.52. The molecule has 1 atom stereocenters. The largest absolute Gasteiger partial charge is 0.486 e. The summed E-state index contributed by atoms with van der Waals surface area (Å²) >= 11 is 0. The molecule has 0 saturated carbocycles. The maximum Gasteiger partial charge on any atom is 0.416 e. The van der Waals surface area contributed by atoms with Gasteiger partial charge in [-0.2, -0.15) is 13.2 Å². The van der Waals surface area contributed by atoms with Crippen LogP contribution in [0.5, 0.6) is 5.75 Å². The fraction of sp³-hybridized carbons (Fsp3) is 0.350. The quantitative estimate of drug-likeness (QED) is 0.684. The van der Waals surface area contributed by atoms with E-state index in [9.17, 15) is 18.0 Å². The molecule has 0 fully saturated rings. The molecule has 0 aliphatic heterocycles. The summed E-state index contributed by atoms with van der Waals surface area (Å²) in [6.45, 7) is 2.10. The van der Waals surface area contributed by atoms with Gasteiger partial charge < -0.3 is 9.64 Å². The van der Waals surface area contributed by atoms with E-state index in [1.165, 1.54) is 19.1 Å². The van der Waals surface area contributed by atoms with E-state index in [4.69, 9.17) is 4.74 Å². The summed E-state index contributed by atoms with van der Waals surface area (Å²) in [6.07, 6.45) is -3.30. The number of benzene rings is 2. The number of amides is 1. The van der Waals surface area contributed by atoms with Crippen LogP contribution in [0.15, 0.2) is 54.6 Å². The van der Waals surface area contributed by atoms with E-state index in [1.807, 2.05) is 30.3 Å². The number of ether oxygens (including phenoxy) is 1. The Hall–Kier alpha value is -2.50. The van der Waals surface area contributed by atoms with E-state index in [2.05, 4.69) is 0 Å². The number of hydrogen-bond donors (Lipinski definition) is 0. The van der Waals surface area contributed by atoms with Crippen LogP contribution in [0.25, 0.3) is 0 Å². The van der Waals surface area contributed by atoms with Gasteiger partial charge in [0.25, 0.3) is 0 Å². The van der Waals surface area contributed by atoms with Gasteiger partial charge in [0.2, 0.25) is 5.91 Å². The van der Waals surface area contributed by atoms with Crippen LogP contribution in [0, 0.1) is 0 Å². The Labute approximate surface area is 151 Å². The van der Waals surface area contributed by atoms with Crippen LogP contribution in [0.4, 0.5) is 13.2 Å². The second-order valence-electron chi connectivity index (χ2n) is 6.12. The average Bonchev–Trinajstić information content (AvgIpc) is 2.61. The van der Waals surface area contributed by atoms with Crippen molar-refractivity contribution < 1.29 is 22.7 Å². The van der Waals surface area contributed by atoms with Crippen molar-refractivity contribution in [1.29, 1.82) is 0 Å². The average molecular weight is 365 g/mol. The van der Waals surface area contributed by atoms with Gasteiger partial charge in [-0.25, -0.2) is 0 Å². The molecule has 0 N–H and O–H groups in total. The molecule has 2 aromatic rings. The third-order valence-electron chi connectivity index (χ3n) is 4.13. The van der Waals surface area contributed by atoms with Crippen LogP contribution in [0.1, 0.15) is 37.0 Å². The van der Waals surface area contributed by atoms with Crippen molar-refractivity contribution in [3.8, 4) is 5.75 Å². The minimum Gasteiger partial charge on any atom is -0.486 e. The maximum atomic E-state index is 12.7. The third kappa shape index (κ3) is 5.79. The zero-order valence-electron chi connectivity index (χ0n) is 14.8. The van der Waals surface area contributed by atoms with Crippen LogP contribution in [-0.4, -0.2) is 24.4 Å². The molecular formula is C20H22F3NO2. The third-order valence-corrected chi connectivity index (χ3v) is 4.13. The SMILES string of the molecule is CC(=O)N(C)CCCC(Oc1ccc(C(F)(F)F)cc1)c1ccccc1. The second-order valence-corrected chi connectivity index (χ2v) is 6.12. The summed E-state index contributed by atoms with van der Waals surface area (Å²) in [7, 11) is 1.73. The summed E-state index contributed by atoms with van der Waals surface area (Å²) in [5.74, 6) is 0.372. The molecule has 0 aromatic heterocycles. The second kappa shape index (κ2) is 8.74. The van der Waals surface area contributed by atoms with Gasteiger partial charge in [0.15, 0.2) is 0 Å². The predicted octanol–water partition coefficient (Wildman–Crippen LogP) is 5.08. The highest BCUT2D eigenvalue weighted by atomic mass is 19.4. The Balaban J connectivity index is 2.08. The molecule has 1 amide bonds. The van der Waals surface area contributed by atoms with Crippen molar-refractivity contribution in [3.05, 3.63) is 65.7 Å². The van der Waals surface area contributed by atoms with Gasteiger partial charge in [0.1, 0.15) is 11.9 Å². The molecule has 6 heteroatoms. The molecule has 2 rings (SSSR count). The summed E-state index contributed by atoms with van der Waals surface area (Å²) < 4.78 is 44.0. The standard InChI is InChI=1S/C20H22F3NO2/c1-15(25)24(2)14-6-9-19(16-7-4-3-5-8-16)26-18-12-10-17(11-13-18)20(21,22)23/h3-5,7-8,10-13,19H,6,9,14H2,1-2H3. The number of carbonyl (C=O) groups excluding carboxylic acids is 1. The van der Waals surface area contributed by atoms with Gasteiger partial charge in [-0.1, -0.05) is 30.3 Å². The Morgan fingerprint density at radius 3 is 2.23 bits per heavy atom. The van der Waals surface area contributed by atoms with E-state index < -0.39 is 11.7 Å². The highest BCUT2D eigenvalue weighted by Crippen LogP contribution is 2.32. The normalized spacial score (nSPS) is 12.5. The predicted molar refractivity (Wildman–Crippen MR) is 93.8 cm³/mol. The lowest BCUT2D eigenvalue weighted by molar-refractivity contribution is -0.137. The molecule has 0 spiro atoms. The molecule has 0 saturated heterocycles. The van der Waals surface area contributed by atoms with Crippen molar-refractivity contribution in [1.82, 2.24) is 4.90 Å². The van der Waals surface area contributed by atoms with Gasteiger partial charge >= 0.3 is 6.18 Å². The molecule has 0 aliphatic carbocycles. The first-order valence-corrected chi connectivity index (χ1v) is 8.38. The molecule has 0 bridgehead atoms. The molecule has 2 aromatic carbocycles. The Morgan fingerprint density at radius 2 is 1.69 bits per heavy atom. The number of rotatable bonds is 7. The zero-order chi connectivity index (χ0) is 19.2. The number of carbonyl (C=O) groups is 1. The van der Waals surface area contributed by atoms with Crippen molar-refractivity contribution in [3.63, 3.8) is 0 Å². The molecule has 3 nitrogen and oxygen atoms in total. The lowest BCUT2D eigenvalue weighted by Crippen LogP contribution is -2.25. The van der Waals surface area contributed by atoms with Crippen molar-refractivity contribution in [2.75, 3.05) is 13.6 Å². The molecule has 1 unspecified atom stereocenters. The molecule has 0 aliphatic rings. The molecule has 26 heavy (non-hydrogen) atoms. The highest BCUT2D eigenvalue weighted by Gasteiger charge is 2.30. The lowest BCUT2D eigenvalue weighted by Gasteiger charge is -2.22. The summed E-state index contributed by atoms with van der Waals surface area (Å²) in [6, 6.07) is 14.2. The van der Waals surface area contributed by atoms with Crippen molar-refractivity contribution in [2.45, 2.75) is 32.0 Å². The smallest absolute Gasteiger partial charge is 0.416 e. The van der Waals surface area contributed by atoms with Crippen molar-refractivity contribution in [2.24, 2.45) is 0 Å². The van der Waals surface area contributed by atoms with Crippen LogP contribution < -0.4 is 4.74 Å². The Morgan fingerprint density at radius 1 is 1.08 bits per heavy atom. The minimum absolute atomic E-state index is 0.00933. The summed E-state index contributed by atoms with van der Waals surface area (Å²) in [4.78, 5) is 12.9. The van der Waals surface area contributed by atoms with E-state index >= 15 is 0 Å². The topological polar surface area (TPSA) is 29.5 Å². The fourth-order valence-corrected chi connectivity index (χ4v) is 2.52. The molecule has 0 heterocycles. The Bertz CT molecular complexity index is 699. The summed E-state index contributed by atoms with van der Waals surface area (Å²) in [5.41, 5.74) is 0.238. The van der Waals surface area contributed by atoms with Gasteiger partial charge in [-0.15, -0.1) is 0 Å². The lowest BCUT2D eigenvalue weighted by atomic mass is 10.0. The summed E-state index contributed by atoms with van der Waals surface area (Å²) in [5, 5.41) is 0. The zero-order valence-corrected chi connectivity index (χ0v) is 14.8. The first-order valence-electron chi connectivity index (χ1n) is 8.38. The van der Waals surface area contributed by atoms with Crippen LogP contribution >= 0.6 is 0 Å². The van der Waals surface area contributed by atoms with Crippen LogP contribution in [-0.2, 0) is 11.0 Å². The molecular weight excluding hydrogens is 343 g/mol. The Kier molecular flexibility index (Phi) is 6.66. The van der Waals surface area contributed by atoms with Gasteiger partial charge in [-0.3, -0.25) is 4.79 Å². The monoisotopic (exact) mass is 365 g/mol. The number of nitrogens with zero attached hydrogens (tertiary/aromatic N) is 1. The first-order chi connectivity index (χ1) is 12.3. The van der Waals surface area contributed by atoms with Gasteiger partial charge in [-0.05, 0) is 42.7 Å². The maximum absolute atomic E-state index is 12.7. The van der Waals surface area contributed by atoms with Crippen molar-refractivity contribution >= 4 is 5.91 Å². The molecule has 0 radical (unpaired) electrons. The van der Waals surface area contributed by atoms with E-state index in [-0.39, 0.29) is 12.0 Å². The number of hydrogen-bond acceptors (Lipinski definition) is 2. The van der Waals surface area contributed by atoms with Gasteiger partial charge in [0, 0.05) is 20.5 Å². The van der Waals surface area contributed by atoms with E-state index in [1.54, 1.807) is 11.9 Å². The first kappa shape index (κ1) is 19.8. The number of halogens is 3. The van der Waals surface area contributed by atoms with Gasteiger partial charge in [0.05, 0.1) is 5.56 Å². The van der Waals surface area contributed by atoms with E-state index in [0.29, 0.717) is 18.7 Å². The van der Waals surface area contributed by atoms with E-state index in [0.717, 1.165) is 24.1 Å².